The second kappa shape index (κ2) is 7.11. The largest absolute Gasteiger partial charge is 0.313 e. The van der Waals surface area contributed by atoms with E-state index in [0.717, 1.165) is 0 Å². The van der Waals surface area contributed by atoms with Gasteiger partial charge in [-0.15, -0.1) is 11.3 Å². The summed E-state index contributed by atoms with van der Waals surface area (Å²) in [5.41, 5.74) is 3.25. The molecule has 0 spiro atoms. The van der Waals surface area contributed by atoms with Crippen molar-refractivity contribution >= 4 is 51.4 Å². The Hall–Kier alpha value is -1.60. The molecule has 2 N–H and O–H groups in total. The second-order valence-corrected chi connectivity index (χ2v) is 6.34. The predicted molar refractivity (Wildman–Crippen MR) is 89.9 cm³/mol. The molecule has 1 heterocycles. The lowest BCUT2D eigenvalue weighted by Crippen LogP contribution is -2.36. The van der Waals surface area contributed by atoms with Crippen molar-refractivity contribution in [3.8, 4) is 0 Å². The Labute approximate surface area is 141 Å². The van der Waals surface area contributed by atoms with Gasteiger partial charge in [0.25, 0.3) is 11.8 Å². The number of nitrogens with zero attached hydrogens (tertiary/aromatic N) is 1. The topological polar surface area (TPSA) is 61.4 Å². The van der Waals surface area contributed by atoms with Gasteiger partial charge in [0.15, 0.2) is 0 Å². The highest BCUT2D eigenvalue weighted by Gasteiger charge is 2.18. The van der Waals surface area contributed by atoms with Gasteiger partial charge in [0.1, 0.15) is 5.00 Å². The molecule has 2 aromatic rings. The van der Waals surface area contributed by atoms with Crippen molar-refractivity contribution in [3.63, 3.8) is 0 Å². The molecule has 0 saturated carbocycles. The Kier molecular flexibility index (Phi) is 5.42. The minimum Gasteiger partial charge on any atom is -0.313 e. The van der Waals surface area contributed by atoms with Crippen molar-refractivity contribution in [2.45, 2.75) is 0 Å². The van der Waals surface area contributed by atoms with Gasteiger partial charge in [0.05, 0.1) is 16.1 Å². The van der Waals surface area contributed by atoms with E-state index in [9.17, 15) is 9.59 Å². The van der Waals surface area contributed by atoms with Crippen molar-refractivity contribution in [3.05, 3.63) is 50.8 Å². The van der Waals surface area contributed by atoms with E-state index in [-0.39, 0.29) is 16.5 Å². The molecule has 0 radical (unpaired) electrons. The summed E-state index contributed by atoms with van der Waals surface area (Å²) in [5, 5.41) is 7.08. The van der Waals surface area contributed by atoms with E-state index in [0.29, 0.717) is 15.6 Å². The van der Waals surface area contributed by atoms with Gasteiger partial charge in [-0.3, -0.25) is 15.0 Å². The van der Waals surface area contributed by atoms with Gasteiger partial charge in [-0.1, -0.05) is 23.2 Å². The minimum atomic E-state index is -0.422. The van der Waals surface area contributed by atoms with Crippen LogP contribution in [0, 0.1) is 0 Å². The Balaban J connectivity index is 2.21. The maximum atomic E-state index is 12.3. The molecule has 0 saturated heterocycles. The fraction of sp³-hybridized carbons (Fsp3) is 0.143. The molecule has 2 rings (SSSR count). The highest BCUT2D eigenvalue weighted by atomic mass is 35.5. The third-order valence-corrected chi connectivity index (χ3v) is 4.03. The summed E-state index contributed by atoms with van der Waals surface area (Å²) in [7, 11) is 3.41. The zero-order valence-electron chi connectivity index (χ0n) is 11.8. The molecule has 5 nitrogen and oxygen atoms in total. The first kappa shape index (κ1) is 16.8. The van der Waals surface area contributed by atoms with Crippen LogP contribution < -0.4 is 10.7 Å². The number of carbonyl (C=O) groups is 2. The number of thiophene rings is 1. The zero-order valence-corrected chi connectivity index (χ0v) is 14.1. The summed E-state index contributed by atoms with van der Waals surface area (Å²) in [4.78, 5) is 24.3. The standard InChI is InChI=1S/C14H13Cl2N3O2S/c1-19(2)18-13(21)9-5-6-22-14(9)17-12(20)10-7-8(15)3-4-11(10)16/h3-7H,1-2H3,(H,17,20)(H,18,21). The summed E-state index contributed by atoms with van der Waals surface area (Å²) in [6.45, 7) is 0. The average molecular weight is 358 g/mol. The number of hydrogen-bond acceptors (Lipinski definition) is 4. The van der Waals surface area contributed by atoms with Gasteiger partial charge >= 0.3 is 0 Å². The predicted octanol–water partition coefficient (Wildman–Crippen LogP) is 3.51. The van der Waals surface area contributed by atoms with Crippen molar-refractivity contribution in [2.24, 2.45) is 0 Å². The van der Waals surface area contributed by atoms with Crippen LogP contribution in [0.15, 0.2) is 29.6 Å². The van der Waals surface area contributed by atoms with Gasteiger partial charge in [0.2, 0.25) is 0 Å². The van der Waals surface area contributed by atoms with Crippen LogP contribution in [0.1, 0.15) is 20.7 Å². The van der Waals surface area contributed by atoms with Crippen LogP contribution in [-0.4, -0.2) is 30.9 Å². The van der Waals surface area contributed by atoms with Gasteiger partial charge in [-0.25, -0.2) is 5.01 Å². The molecule has 1 aromatic heterocycles. The van der Waals surface area contributed by atoms with Crippen LogP contribution in [-0.2, 0) is 0 Å². The number of halogens is 2. The minimum absolute atomic E-state index is 0.251. The van der Waals surface area contributed by atoms with E-state index < -0.39 is 5.91 Å². The summed E-state index contributed by atoms with van der Waals surface area (Å²) in [6.07, 6.45) is 0. The third kappa shape index (κ3) is 3.98. The lowest BCUT2D eigenvalue weighted by Gasteiger charge is -2.12. The van der Waals surface area contributed by atoms with E-state index in [2.05, 4.69) is 10.7 Å². The maximum Gasteiger partial charge on any atom is 0.268 e. The Morgan fingerprint density at radius 3 is 2.50 bits per heavy atom. The van der Waals surface area contributed by atoms with Crippen molar-refractivity contribution in [1.82, 2.24) is 10.4 Å². The number of amides is 2. The van der Waals surface area contributed by atoms with Crippen molar-refractivity contribution in [1.29, 1.82) is 0 Å². The number of nitrogens with one attached hydrogen (secondary N) is 2. The summed E-state index contributed by atoms with van der Waals surface area (Å²) in [6, 6.07) is 6.26. The number of anilines is 1. The van der Waals surface area contributed by atoms with Crippen LogP contribution in [0.2, 0.25) is 10.0 Å². The van der Waals surface area contributed by atoms with E-state index in [1.54, 1.807) is 37.7 Å². The summed E-state index contributed by atoms with van der Waals surface area (Å²) < 4.78 is 0. The van der Waals surface area contributed by atoms with Gasteiger partial charge in [0, 0.05) is 19.1 Å². The van der Waals surface area contributed by atoms with Crippen molar-refractivity contribution < 1.29 is 9.59 Å². The van der Waals surface area contributed by atoms with Gasteiger partial charge < -0.3 is 5.32 Å². The molecule has 0 aliphatic carbocycles. The third-order valence-electron chi connectivity index (χ3n) is 2.64. The fourth-order valence-electron chi connectivity index (χ4n) is 1.69. The number of rotatable bonds is 4. The van der Waals surface area contributed by atoms with E-state index in [4.69, 9.17) is 23.2 Å². The number of benzene rings is 1. The Morgan fingerprint density at radius 2 is 1.82 bits per heavy atom. The molecule has 0 fully saturated rings. The molecule has 0 atom stereocenters. The van der Waals surface area contributed by atoms with Crippen LogP contribution in [0.5, 0.6) is 0 Å². The van der Waals surface area contributed by atoms with Gasteiger partial charge in [-0.05, 0) is 29.6 Å². The van der Waals surface area contributed by atoms with E-state index in [1.165, 1.54) is 22.4 Å². The molecule has 116 valence electrons. The Bertz CT molecular complexity index is 716. The van der Waals surface area contributed by atoms with Crippen LogP contribution >= 0.6 is 34.5 Å². The first-order valence-corrected chi connectivity index (χ1v) is 7.84. The molecule has 0 aliphatic rings. The Morgan fingerprint density at radius 1 is 1.09 bits per heavy atom. The molecular formula is C14H13Cl2N3O2S. The molecule has 8 heteroatoms. The smallest absolute Gasteiger partial charge is 0.268 e. The maximum absolute atomic E-state index is 12.3. The molecule has 22 heavy (non-hydrogen) atoms. The highest BCUT2D eigenvalue weighted by Crippen LogP contribution is 2.26. The summed E-state index contributed by atoms with van der Waals surface area (Å²) >= 11 is 13.1. The molecule has 2 amide bonds. The summed E-state index contributed by atoms with van der Waals surface area (Å²) in [5.74, 6) is -0.729. The average Bonchev–Trinajstić information content (AvgIpc) is 2.88. The molecule has 1 aromatic carbocycles. The second-order valence-electron chi connectivity index (χ2n) is 4.58. The van der Waals surface area contributed by atoms with E-state index >= 15 is 0 Å². The molecule has 0 aliphatic heterocycles. The van der Waals surface area contributed by atoms with Crippen LogP contribution in [0.4, 0.5) is 5.00 Å². The first-order valence-electron chi connectivity index (χ1n) is 6.20. The van der Waals surface area contributed by atoms with Crippen molar-refractivity contribution in [2.75, 3.05) is 19.4 Å². The molecule has 0 unspecified atom stereocenters. The fourth-order valence-corrected chi connectivity index (χ4v) is 2.85. The normalized spacial score (nSPS) is 10.6. The SMILES string of the molecule is CN(C)NC(=O)c1ccsc1NC(=O)c1cc(Cl)ccc1Cl. The zero-order chi connectivity index (χ0) is 16.3. The number of carbonyl (C=O) groups excluding carboxylic acids is 2. The highest BCUT2D eigenvalue weighted by molar-refractivity contribution is 7.14. The number of hydrazine groups is 1. The lowest BCUT2D eigenvalue weighted by molar-refractivity contribution is 0.0858. The van der Waals surface area contributed by atoms with Crippen LogP contribution in [0.3, 0.4) is 0 Å². The quantitative estimate of drug-likeness (QED) is 0.823. The van der Waals surface area contributed by atoms with Crippen LogP contribution in [0.25, 0.3) is 0 Å². The molecular weight excluding hydrogens is 345 g/mol. The molecule has 0 bridgehead atoms. The number of hydrogen-bond donors (Lipinski definition) is 2. The lowest BCUT2D eigenvalue weighted by atomic mass is 10.2. The van der Waals surface area contributed by atoms with Gasteiger partial charge in [-0.2, -0.15) is 0 Å². The first-order chi connectivity index (χ1) is 10.4. The monoisotopic (exact) mass is 357 g/mol. The van der Waals surface area contributed by atoms with E-state index in [1.807, 2.05) is 0 Å².